The van der Waals surface area contributed by atoms with Gasteiger partial charge in [-0.05, 0) is 41.0 Å². The standard InChI is InChI=1S/C42H38F3NO7/c43-42(44,45)41(46-34-24-14-5-15-25-34)53-40-38(52-39(47)33-22-12-4-13-23-33)37(50-28-32-20-10-3-11-21-32)36(49-27-31-18-8-2-9-19-31)35(51-40)29-48-26-30-16-6-1-7-17-30/h1-25,35-38,40H,26-29H2/t35?,36-,37?,38?,40-/m0/s1. The Balaban J connectivity index is 1.39. The number of hydrogen-bond acceptors (Lipinski definition) is 8. The average Bonchev–Trinajstić information content (AvgIpc) is 3.19. The second-order valence-electron chi connectivity index (χ2n) is 12.2. The second kappa shape index (κ2) is 18.4. The first-order chi connectivity index (χ1) is 25.8. The average molecular weight is 726 g/mol. The van der Waals surface area contributed by atoms with E-state index in [4.69, 9.17) is 28.4 Å². The largest absolute Gasteiger partial charge is 0.468 e. The number of benzene rings is 5. The van der Waals surface area contributed by atoms with Crippen LogP contribution in [0.1, 0.15) is 27.0 Å². The van der Waals surface area contributed by atoms with E-state index in [1.807, 2.05) is 91.0 Å². The van der Waals surface area contributed by atoms with Crippen LogP contribution in [0.5, 0.6) is 0 Å². The van der Waals surface area contributed by atoms with Crippen molar-refractivity contribution < 1.29 is 46.4 Å². The molecule has 0 N–H and O–H groups in total. The summed E-state index contributed by atoms with van der Waals surface area (Å²) in [6.45, 7) is 0.146. The van der Waals surface area contributed by atoms with Crippen LogP contribution in [0.4, 0.5) is 18.9 Å². The molecular formula is C42H38F3NO7. The summed E-state index contributed by atoms with van der Waals surface area (Å²) >= 11 is 0. The van der Waals surface area contributed by atoms with Crippen LogP contribution in [0.2, 0.25) is 0 Å². The van der Waals surface area contributed by atoms with Crippen molar-refractivity contribution in [1.29, 1.82) is 0 Å². The normalized spacial score (nSPS) is 20.4. The molecule has 1 fully saturated rings. The lowest BCUT2D eigenvalue weighted by atomic mass is 9.97. The molecule has 53 heavy (non-hydrogen) atoms. The predicted octanol–water partition coefficient (Wildman–Crippen LogP) is 8.63. The highest BCUT2D eigenvalue weighted by atomic mass is 19.4. The molecule has 5 atom stereocenters. The summed E-state index contributed by atoms with van der Waals surface area (Å²) < 4.78 is 81.0. The number of halogens is 3. The number of esters is 1. The summed E-state index contributed by atoms with van der Waals surface area (Å²) in [7, 11) is 0. The molecule has 6 rings (SSSR count). The first kappa shape index (κ1) is 37.4. The number of rotatable bonds is 14. The number of nitrogens with zero attached hydrogens (tertiary/aromatic N) is 1. The molecule has 5 aromatic rings. The van der Waals surface area contributed by atoms with Crippen molar-refractivity contribution in [3.8, 4) is 0 Å². The molecule has 0 amide bonds. The van der Waals surface area contributed by atoms with Gasteiger partial charge in [0.2, 0.25) is 6.29 Å². The van der Waals surface area contributed by atoms with Crippen LogP contribution in [0.25, 0.3) is 0 Å². The molecule has 0 spiro atoms. The molecule has 1 aliphatic heterocycles. The van der Waals surface area contributed by atoms with Crippen LogP contribution in [0, 0.1) is 0 Å². The predicted molar refractivity (Wildman–Crippen MR) is 191 cm³/mol. The number of carbonyl (C=O) groups is 1. The fourth-order valence-corrected chi connectivity index (χ4v) is 5.68. The number of hydrogen-bond donors (Lipinski definition) is 0. The summed E-state index contributed by atoms with van der Waals surface area (Å²) in [6, 6.07) is 43.6. The van der Waals surface area contributed by atoms with E-state index in [9.17, 15) is 18.0 Å². The fraction of sp³-hybridized carbons (Fsp3) is 0.238. The molecule has 1 aliphatic rings. The van der Waals surface area contributed by atoms with Gasteiger partial charge in [0.25, 0.3) is 5.90 Å². The first-order valence-electron chi connectivity index (χ1n) is 17.1. The fourth-order valence-electron chi connectivity index (χ4n) is 5.68. The van der Waals surface area contributed by atoms with Gasteiger partial charge in [0.1, 0.15) is 18.3 Å². The number of para-hydroxylation sites is 1. The van der Waals surface area contributed by atoms with Crippen LogP contribution in [0.15, 0.2) is 157 Å². The number of ether oxygens (including phenoxy) is 6. The highest BCUT2D eigenvalue weighted by Gasteiger charge is 2.53. The Labute approximate surface area is 305 Å². The Morgan fingerprint density at radius 1 is 0.585 bits per heavy atom. The topological polar surface area (TPSA) is 84.8 Å². The molecule has 8 nitrogen and oxygen atoms in total. The Hall–Kier alpha value is -5.33. The molecular weight excluding hydrogens is 687 g/mol. The van der Waals surface area contributed by atoms with Gasteiger partial charge in [-0.1, -0.05) is 127 Å². The molecule has 0 saturated carbocycles. The van der Waals surface area contributed by atoms with Gasteiger partial charge in [-0.3, -0.25) is 0 Å². The SMILES string of the molecule is O=C(OC1C(OCc2ccccc2)[C@@H](OCc2ccccc2)C(COCc2ccccc2)O[C@H]1OC(=Nc1ccccc1)C(F)(F)F)c1ccccc1. The zero-order valence-corrected chi connectivity index (χ0v) is 28.6. The van der Waals surface area contributed by atoms with E-state index < -0.39 is 48.7 Å². The van der Waals surface area contributed by atoms with Gasteiger partial charge >= 0.3 is 12.1 Å². The van der Waals surface area contributed by atoms with E-state index in [1.54, 1.807) is 36.4 Å². The van der Waals surface area contributed by atoms with E-state index in [0.29, 0.717) is 0 Å². The monoisotopic (exact) mass is 725 g/mol. The summed E-state index contributed by atoms with van der Waals surface area (Å²) in [5.74, 6) is -2.42. The molecule has 3 unspecified atom stereocenters. The minimum atomic E-state index is -5.05. The second-order valence-corrected chi connectivity index (χ2v) is 12.2. The van der Waals surface area contributed by atoms with Gasteiger partial charge in [0, 0.05) is 0 Å². The van der Waals surface area contributed by atoms with Crippen molar-refractivity contribution in [1.82, 2.24) is 0 Å². The van der Waals surface area contributed by atoms with Gasteiger partial charge in [-0.15, -0.1) is 0 Å². The zero-order chi connectivity index (χ0) is 36.9. The summed E-state index contributed by atoms with van der Waals surface area (Å²) in [6.07, 6.45) is -11.7. The van der Waals surface area contributed by atoms with Crippen molar-refractivity contribution >= 4 is 17.6 Å². The third-order valence-electron chi connectivity index (χ3n) is 8.27. The Morgan fingerprint density at radius 3 is 1.58 bits per heavy atom. The summed E-state index contributed by atoms with van der Waals surface area (Å²) in [4.78, 5) is 17.4. The molecule has 1 heterocycles. The zero-order valence-electron chi connectivity index (χ0n) is 28.6. The van der Waals surface area contributed by atoms with Gasteiger partial charge in [0.15, 0.2) is 6.10 Å². The Morgan fingerprint density at radius 2 is 1.06 bits per heavy atom. The molecule has 0 aromatic heterocycles. The maximum Gasteiger partial charge on any atom is 0.468 e. The van der Waals surface area contributed by atoms with E-state index in [0.717, 1.165) is 16.7 Å². The maximum atomic E-state index is 14.7. The van der Waals surface area contributed by atoms with Crippen LogP contribution >= 0.6 is 0 Å². The highest BCUT2D eigenvalue weighted by Crippen LogP contribution is 2.34. The minimum absolute atomic E-state index is 0.00263. The molecule has 1 saturated heterocycles. The first-order valence-corrected chi connectivity index (χ1v) is 17.1. The summed E-state index contributed by atoms with van der Waals surface area (Å²) in [5.41, 5.74) is 2.63. The van der Waals surface area contributed by atoms with E-state index in [1.165, 1.54) is 24.3 Å². The van der Waals surface area contributed by atoms with Crippen molar-refractivity contribution in [2.75, 3.05) is 6.61 Å². The molecule has 11 heteroatoms. The van der Waals surface area contributed by atoms with E-state index in [-0.39, 0.29) is 37.7 Å². The lowest BCUT2D eigenvalue weighted by molar-refractivity contribution is -0.305. The smallest absolute Gasteiger partial charge is 0.449 e. The Bertz CT molecular complexity index is 1860. The number of aliphatic imine (C=N–C) groups is 1. The molecule has 0 aliphatic carbocycles. The van der Waals surface area contributed by atoms with Crippen LogP contribution < -0.4 is 0 Å². The third kappa shape index (κ3) is 10.8. The van der Waals surface area contributed by atoms with Gasteiger partial charge in [-0.25, -0.2) is 9.79 Å². The maximum absolute atomic E-state index is 14.7. The summed E-state index contributed by atoms with van der Waals surface area (Å²) in [5, 5.41) is 0. The molecule has 0 bridgehead atoms. The quantitative estimate of drug-likeness (QED) is 0.0644. The molecule has 0 radical (unpaired) electrons. The van der Waals surface area contributed by atoms with Crippen molar-refractivity contribution in [3.63, 3.8) is 0 Å². The van der Waals surface area contributed by atoms with E-state index >= 15 is 0 Å². The Kier molecular flexibility index (Phi) is 13.0. The minimum Gasteiger partial charge on any atom is -0.449 e. The number of carbonyl (C=O) groups excluding carboxylic acids is 1. The van der Waals surface area contributed by atoms with Gasteiger partial charge in [-0.2, -0.15) is 13.2 Å². The van der Waals surface area contributed by atoms with Crippen molar-refractivity contribution in [2.24, 2.45) is 4.99 Å². The lowest BCUT2D eigenvalue weighted by Gasteiger charge is -2.45. The van der Waals surface area contributed by atoms with Crippen molar-refractivity contribution in [2.45, 2.75) is 56.7 Å². The van der Waals surface area contributed by atoms with Crippen LogP contribution in [0.3, 0.4) is 0 Å². The highest BCUT2D eigenvalue weighted by molar-refractivity contribution is 5.89. The van der Waals surface area contributed by atoms with Crippen molar-refractivity contribution in [3.05, 3.63) is 174 Å². The third-order valence-corrected chi connectivity index (χ3v) is 8.27. The molecule has 5 aromatic carbocycles. The number of alkyl halides is 3. The van der Waals surface area contributed by atoms with Crippen LogP contribution in [-0.2, 0) is 48.2 Å². The van der Waals surface area contributed by atoms with Crippen LogP contribution in [-0.4, -0.2) is 55.4 Å². The van der Waals surface area contributed by atoms with Gasteiger partial charge in [0.05, 0.1) is 37.7 Å². The molecule has 274 valence electrons. The van der Waals surface area contributed by atoms with Gasteiger partial charge < -0.3 is 28.4 Å². The van der Waals surface area contributed by atoms with E-state index in [2.05, 4.69) is 4.99 Å². The lowest BCUT2D eigenvalue weighted by Crippen LogP contribution is -2.62.